The molecule has 0 aliphatic rings. The van der Waals surface area contributed by atoms with Gasteiger partial charge in [-0.25, -0.2) is 0 Å². The van der Waals surface area contributed by atoms with Crippen molar-refractivity contribution >= 4 is 112 Å². The van der Waals surface area contributed by atoms with E-state index < -0.39 is 7.14 Å². The summed E-state index contributed by atoms with van der Waals surface area (Å²) in [6, 6.07) is 29.1. The average molecular weight is 350 g/mol. The molecule has 0 atom stereocenters. The zero-order valence-corrected chi connectivity index (χ0v) is 11.9. The van der Waals surface area contributed by atoms with Crippen LogP contribution in [0.3, 0.4) is 0 Å². The van der Waals surface area contributed by atoms with Gasteiger partial charge in [-0.05, 0) is 0 Å². The van der Waals surface area contributed by atoms with Crippen LogP contribution in [0.2, 0.25) is 0 Å². The minimum absolute atomic E-state index is 0. The first kappa shape index (κ1) is 23.9. The molecule has 0 N–H and O–H groups in total. The Balaban J connectivity index is 0.00000161. The van der Waals surface area contributed by atoms with Crippen molar-refractivity contribution in [1.29, 1.82) is 0 Å². The average Bonchev–Trinajstić information content (AvgIpc) is 2.56. The molecule has 0 radical (unpaired) electrons. The van der Waals surface area contributed by atoms with E-state index in [0.717, 1.165) is 15.9 Å². The van der Waals surface area contributed by atoms with E-state index in [0.29, 0.717) is 0 Å². The van der Waals surface area contributed by atoms with Crippen molar-refractivity contribution in [3.63, 3.8) is 0 Å². The van der Waals surface area contributed by atoms with Gasteiger partial charge in [-0.2, -0.15) is 0 Å². The summed E-state index contributed by atoms with van der Waals surface area (Å²) in [5, 5.41) is 2.62. The predicted molar refractivity (Wildman–Crippen MR) is 107 cm³/mol. The fourth-order valence-electron chi connectivity index (χ4n) is 2.36. The first-order valence-electron chi connectivity index (χ1n) is 6.59. The summed E-state index contributed by atoms with van der Waals surface area (Å²) in [6.07, 6.45) is 0. The third-order valence-corrected chi connectivity index (χ3v) is 6.44. The van der Waals surface area contributed by atoms with Gasteiger partial charge in [-0.3, -0.25) is 0 Å². The minimum atomic E-state index is -2.78. The molecule has 1 nitrogen and oxygen atoms in total. The maximum absolute atomic E-state index is 13.8. The van der Waals surface area contributed by atoms with E-state index in [1.807, 2.05) is 91.0 Å². The normalized spacial score (nSPS) is 9.74. The zero-order chi connectivity index (χ0) is 13.8. The molecule has 0 fully saturated rings. The molecule has 0 unspecified atom stereocenters. The molecule has 104 valence electrons. The second-order valence-electron chi connectivity index (χ2n) is 4.62. The van der Waals surface area contributed by atoms with E-state index in [-0.39, 0.29) is 88.7 Å². The molecule has 0 spiro atoms. The summed E-state index contributed by atoms with van der Waals surface area (Å²) < 4.78 is 13.8. The molecule has 3 rings (SSSR count). The molecular weight excluding hydrogens is 332 g/mol. The number of hydrogen-bond acceptors (Lipinski definition) is 1. The summed E-state index contributed by atoms with van der Waals surface area (Å²) >= 11 is 0. The van der Waals surface area contributed by atoms with E-state index in [1.54, 1.807) is 0 Å². The van der Waals surface area contributed by atoms with Crippen LogP contribution in [-0.2, 0) is 4.57 Å². The molecule has 0 aliphatic heterocycles. The van der Waals surface area contributed by atoms with Crippen LogP contribution in [0.1, 0.15) is 0 Å². The molecule has 0 amide bonds. The van der Waals surface area contributed by atoms with Crippen LogP contribution >= 0.6 is 7.14 Å². The second-order valence-corrected chi connectivity index (χ2v) is 7.38. The summed E-state index contributed by atoms with van der Waals surface area (Å²) in [5.41, 5.74) is 0. The Labute approximate surface area is 204 Å². The molecule has 23 heavy (non-hydrogen) atoms. The SMILES string of the molecule is O=P(c1ccccc1)(c1ccccc1)c1ccccc1.[NaH].[NaH].[NaH]. The van der Waals surface area contributed by atoms with E-state index in [9.17, 15) is 4.57 Å². The number of benzene rings is 3. The first-order valence-corrected chi connectivity index (χ1v) is 8.29. The third-order valence-electron chi connectivity index (χ3n) is 3.36. The Bertz CT molecular complexity index is 631. The molecule has 0 bridgehead atoms. The van der Waals surface area contributed by atoms with Gasteiger partial charge in [0.2, 0.25) is 0 Å². The Kier molecular flexibility index (Phi) is 11.9. The fraction of sp³-hybridized carbons (Fsp3) is 0. The first-order chi connectivity index (χ1) is 9.82. The van der Waals surface area contributed by atoms with Gasteiger partial charge in [0.05, 0.1) is 0 Å². The van der Waals surface area contributed by atoms with Gasteiger partial charge >= 0.3 is 88.7 Å². The molecule has 0 saturated heterocycles. The molecule has 3 aromatic rings. The van der Waals surface area contributed by atoms with Crippen molar-refractivity contribution in [2.45, 2.75) is 0 Å². The maximum atomic E-state index is 13.8. The molecule has 0 aromatic heterocycles. The summed E-state index contributed by atoms with van der Waals surface area (Å²) in [4.78, 5) is 0. The number of hydrogen-bond donors (Lipinski definition) is 0. The monoisotopic (exact) mass is 350 g/mol. The van der Waals surface area contributed by atoms with Crippen LogP contribution in [-0.4, -0.2) is 88.7 Å². The number of rotatable bonds is 3. The van der Waals surface area contributed by atoms with E-state index in [2.05, 4.69) is 0 Å². The van der Waals surface area contributed by atoms with Crippen LogP contribution in [0.25, 0.3) is 0 Å². The van der Waals surface area contributed by atoms with E-state index in [4.69, 9.17) is 0 Å². The molecular formula is C18H18Na3OP. The van der Waals surface area contributed by atoms with Crippen LogP contribution in [0.15, 0.2) is 91.0 Å². The Morgan fingerprint density at radius 2 is 0.652 bits per heavy atom. The van der Waals surface area contributed by atoms with Crippen molar-refractivity contribution < 1.29 is 4.57 Å². The van der Waals surface area contributed by atoms with E-state index in [1.165, 1.54) is 0 Å². The Hall–Kier alpha value is 0.890. The molecule has 0 heterocycles. The van der Waals surface area contributed by atoms with E-state index >= 15 is 0 Å². The van der Waals surface area contributed by atoms with Gasteiger partial charge in [-0.15, -0.1) is 0 Å². The molecule has 5 heteroatoms. The van der Waals surface area contributed by atoms with Gasteiger partial charge in [-0.1, -0.05) is 91.0 Å². The predicted octanol–water partition coefficient (Wildman–Crippen LogP) is 1.38. The van der Waals surface area contributed by atoms with Crippen molar-refractivity contribution in [2.75, 3.05) is 0 Å². The van der Waals surface area contributed by atoms with Crippen LogP contribution < -0.4 is 15.9 Å². The summed E-state index contributed by atoms with van der Waals surface area (Å²) in [7, 11) is -2.78. The summed E-state index contributed by atoms with van der Waals surface area (Å²) in [5.74, 6) is 0. The molecule has 0 saturated carbocycles. The van der Waals surface area contributed by atoms with Gasteiger partial charge in [0.15, 0.2) is 7.14 Å². The fourth-order valence-corrected chi connectivity index (χ4v) is 5.03. The van der Waals surface area contributed by atoms with Gasteiger partial charge < -0.3 is 4.57 Å². The van der Waals surface area contributed by atoms with Crippen molar-refractivity contribution in [2.24, 2.45) is 0 Å². The Morgan fingerprint density at radius 1 is 0.435 bits per heavy atom. The zero-order valence-electron chi connectivity index (χ0n) is 11.0. The van der Waals surface area contributed by atoms with Crippen molar-refractivity contribution in [1.82, 2.24) is 0 Å². The van der Waals surface area contributed by atoms with Gasteiger partial charge in [0.1, 0.15) is 0 Å². The van der Waals surface area contributed by atoms with Gasteiger partial charge in [0, 0.05) is 15.9 Å². The van der Waals surface area contributed by atoms with Gasteiger partial charge in [0.25, 0.3) is 0 Å². The summed E-state index contributed by atoms with van der Waals surface area (Å²) in [6.45, 7) is 0. The van der Waals surface area contributed by atoms with Crippen LogP contribution in [0.4, 0.5) is 0 Å². The van der Waals surface area contributed by atoms with Crippen LogP contribution in [0, 0.1) is 0 Å². The quantitative estimate of drug-likeness (QED) is 0.515. The molecule has 0 aliphatic carbocycles. The standard InChI is InChI=1S/C18H15OP.3Na.3H/c19-20(16-10-4-1-5-11-16,17-12-6-2-7-13-17)18-14-8-3-9-15-18;;;;;;/h1-15H;;;;;;. The third kappa shape index (κ3) is 5.43. The molecule has 3 aromatic carbocycles. The Morgan fingerprint density at radius 3 is 0.870 bits per heavy atom. The van der Waals surface area contributed by atoms with Crippen molar-refractivity contribution in [3.8, 4) is 0 Å². The van der Waals surface area contributed by atoms with Crippen LogP contribution in [0.5, 0.6) is 0 Å². The van der Waals surface area contributed by atoms with Crippen molar-refractivity contribution in [3.05, 3.63) is 91.0 Å². The second kappa shape index (κ2) is 11.5. The topological polar surface area (TPSA) is 17.1 Å².